The normalized spacial score (nSPS) is 14.1. The van der Waals surface area contributed by atoms with Gasteiger partial charge in [0.15, 0.2) is 0 Å². The smallest absolute Gasteiger partial charge is 0.267 e. The Hall–Kier alpha value is -2.62. The second kappa shape index (κ2) is 7.30. The maximum absolute atomic E-state index is 12.3. The van der Waals surface area contributed by atoms with Crippen molar-refractivity contribution >= 4 is 11.8 Å². The van der Waals surface area contributed by atoms with Crippen molar-refractivity contribution in [2.45, 2.75) is 38.3 Å². The van der Waals surface area contributed by atoms with Gasteiger partial charge in [-0.2, -0.15) is 0 Å². The molecule has 1 fully saturated rings. The number of hydrogen-bond acceptors (Lipinski definition) is 4. The summed E-state index contributed by atoms with van der Waals surface area (Å²) in [5.41, 5.74) is 8.89. The van der Waals surface area contributed by atoms with Gasteiger partial charge in [0.25, 0.3) is 11.8 Å². The summed E-state index contributed by atoms with van der Waals surface area (Å²) < 4.78 is 0. The van der Waals surface area contributed by atoms with Crippen molar-refractivity contribution in [3.8, 4) is 11.8 Å². The highest BCUT2D eigenvalue weighted by Crippen LogP contribution is 2.26. The van der Waals surface area contributed by atoms with Crippen LogP contribution < -0.4 is 16.5 Å². The van der Waals surface area contributed by atoms with Crippen LogP contribution in [0.15, 0.2) is 35.9 Å². The van der Waals surface area contributed by atoms with Crippen LogP contribution in [0.2, 0.25) is 0 Å². The summed E-state index contributed by atoms with van der Waals surface area (Å²) in [6.07, 6.45) is 4.18. The molecule has 1 aliphatic carbocycles. The van der Waals surface area contributed by atoms with Crippen LogP contribution in [0.25, 0.3) is 0 Å². The number of allylic oxidation sites excluding steroid dienone is 2. The predicted molar refractivity (Wildman–Crippen MR) is 90.1 cm³/mol. The molecule has 1 aromatic carbocycles. The van der Waals surface area contributed by atoms with Crippen LogP contribution >= 0.6 is 0 Å². The molecule has 0 aromatic heterocycles. The van der Waals surface area contributed by atoms with Crippen LogP contribution in [0.3, 0.4) is 0 Å². The van der Waals surface area contributed by atoms with Crippen LogP contribution in [0, 0.1) is 11.8 Å². The van der Waals surface area contributed by atoms with Crippen LogP contribution in [0.4, 0.5) is 0 Å². The molecule has 0 heterocycles. The van der Waals surface area contributed by atoms with E-state index in [0.29, 0.717) is 5.56 Å². The predicted octanol–water partition coefficient (Wildman–Crippen LogP) is 1.10. The molecule has 1 saturated carbocycles. The van der Waals surface area contributed by atoms with Crippen molar-refractivity contribution in [1.82, 2.24) is 10.8 Å². The number of benzene rings is 1. The molecule has 2 amide bonds. The number of nitrogens with two attached hydrogens (primary N) is 1. The average Bonchev–Trinajstić information content (AvgIpc) is 3.35. The van der Waals surface area contributed by atoms with Gasteiger partial charge >= 0.3 is 0 Å². The highest BCUT2D eigenvalue weighted by molar-refractivity contribution is 5.97. The lowest BCUT2D eigenvalue weighted by atomic mass is 9.95. The van der Waals surface area contributed by atoms with Crippen molar-refractivity contribution < 1.29 is 14.8 Å². The SMILES string of the molecule is CC(C)(N)C(NC(=O)c1ccc(C#CC=C2CC2)cc1)C(=O)NO. The Bertz CT molecular complexity index is 713. The molecule has 2 rings (SSSR count). The van der Waals surface area contributed by atoms with Gasteiger partial charge in [0, 0.05) is 16.7 Å². The van der Waals surface area contributed by atoms with Crippen LogP contribution in [0.1, 0.15) is 42.6 Å². The van der Waals surface area contributed by atoms with E-state index >= 15 is 0 Å². The second-order valence-electron chi connectivity index (χ2n) is 6.35. The number of carbonyl (C=O) groups is 2. The number of nitrogens with one attached hydrogen (secondary N) is 2. The fourth-order valence-electron chi connectivity index (χ4n) is 2.01. The lowest BCUT2D eigenvalue weighted by molar-refractivity contribution is -0.132. The highest BCUT2D eigenvalue weighted by Gasteiger charge is 2.33. The Morgan fingerprint density at radius 1 is 1.29 bits per heavy atom. The quantitative estimate of drug-likeness (QED) is 0.377. The lowest BCUT2D eigenvalue weighted by Gasteiger charge is -2.29. The molecule has 1 atom stereocenters. The van der Waals surface area contributed by atoms with E-state index in [4.69, 9.17) is 10.9 Å². The van der Waals surface area contributed by atoms with Crippen molar-refractivity contribution in [2.75, 3.05) is 0 Å². The van der Waals surface area contributed by atoms with Crippen LogP contribution in [-0.2, 0) is 4.79 Å². The van der Waals surface area contributed by atoms with Crippen molar-refractivity contribution in [2.24, 2.45) is 5.73 Å². The molecular formula is C18H21N3O3. The average molecular weight is 327 g/mol. The second-order valence-corrected chi connectivity index (χ2v) is 6.35. The van der Waals surface area contributed by atoms with E-state index < -0.39 is 23.4 Å². The molecule has 6 nitrogen and oxygen atoms in total. The molecule has 0 bridgehead atoms. The van der Waals surface area contributed by atoms with Gasteiger partial charge in [-0.25, -0.2) is 5.48 Å². The van der Waals surface area contributed by atoms with Gasteiger partial charge < -0.3 is 11.1 Å². The molecule has 0 aliphatic heterocycles. The Morgan fingerprint density at radius 2 is 1.92 bits per heavy atom. The van der Waals surface area contributed by atoms with E-state index in [1.165, 1.54) is 11.1 Å². The topological polar surface area (TPSA) is 104 Å². The first-order chi connectivity index (χ1) is 11.3. The minimum absolute atomic E-state index is 0.376. The van der Waals surface area contributed by atoms with Gasteiger partial charge in [0.2, 0.25) is 0 Å². The Labute approximate surface area is 141 Å². The molecule has 1 aliphatic rings. The van der Waals surface area contributed by atoms with E-state index in [1.807, 2.05) is 6.08 Å². The zero-order valence-electron chi connectivity index (χ0n) is 13.7. The van der Waals surface area contributed by atoms with Crippen molar-refractivity contribution in [3.05, 3.63) is 47.0 Å². The Morgan fingerprint density at radius 3 is 2.42 bits per heavy atom. The summed E-state index contributed by atoms with van der Waals surface area (Å²) in [5, 5.41) is 11.3. The number of carbonyl (C=O) groups excluding carboxylic acids is 2. The molecule has 0 spiro atoms. The van der Waals surface area contributed by atoms with Gasteiger partial charge in [-0.3, -0.25) is 14.8 Å². The van der Waals surface area contributed by atoms with Gasteiger partial charge in [0.1, 0.15) is 6.04 Å². The molecule has 24 heavy (non-hydrogen) atoms. The van der Waals surface area contributed by atoms with E-state index in [1.54, 1.807) is 38.1 Å². The maximum Gasteiger partial charge on any atom is 0.267 e. The third-order valence-electron chi connectivity index (χ3n) is 3.57. The molecular weight excluding hydrogens is 306 g/mol. The summed E-state index contributed by atoms with van der Waals surface area (Å²) >= 11 is 0. The number of hydrogen-bond donors (Lipinski definition) is 4. The zero-order chi connectivity index (χ0) is 17.7. The largest absolute Gasteiger partial charge is 0.338 e. The highest BCUT2D eigenvalue weighted by atomic mass is 16.5. The molecule has 0 saturated heterocycles. The fraction of sp³-hybridized carbons (Fsp3) is 0.333. The number of amides is 2. The first-order valence-corrected chi connectivity index (χ1v) is 7.64. The molecule has 0 radical (unpaired) electrons. The number of hydroxylamine groups is 1. The van der Waals surface area contributed by atoms with Crippen molar-refractivity contribution in [1.29, 1.82) is 0 Å². The van der Waals surface area contributed by atoms with Crippen molar-refractivity contribution in [3.63, 3.8) is 0 Å². The summed E-state index contributed by atoms with van der Waals surface area (Å²) in [6.45, 7) is 3.17. The van der Waals surface area contributed by atoms with Crippen LogP contribution in [0.5, 0.6) is 0 Å². The Balaban J connectivity index is 2.06. The first kappa shape index (κ1) is 17.7. The molecule has 1 unspecified atom stereocenters. The minimum atomic E-state index is -1.07. The van der Waals surface area contributed by atoms with Gasteiger partial charge in [-0.1, -0.05) is 17.4 Å². The molecule has 6 heteroatoms. The number of rotatable bonds is 4. The minimum Gasteiger partial charge on any atom is -0.338 e. The Kier molecular flexibility index (Phi) is 5.39. The molecule has 1 aromatic rings. The third kappa shape index (κ3) is 4.95. The summed E-state index contributed by atoms with van der Waals surface area (Å²) in [5.74, 6) is 4.75. The molecule has 126 valence electrons. The fourth-order valence-corrected chi connectivity index (χ4v) is 2.01. The van der Waals surface area contributed by atoms with E-state index in [9.17, 15) is 9.59 Å². The maximum atomic E-state index is 12.3. The first-order valence-electron chi connectivity index (χ1n) is 7.64. The van der Waals surface area contributed by atoms with Crippen LogP contribution in [-0.4, -0.2) is 28.6 Å². The van der Waals surface area contributed by atoms with Gasteiger partial charge in [-0.05, 0) is 57.0 Å². The van der Waals surface area contributed by atoms with E-state index in [2.05, 4.69) is 17.2 Å². The lowest BCUT2D eigenvalue weighted by Crippen LogP contribution is -2.61. The van der Waals surface area contributed by atoms with Gasteiger partial charge in [0.05, 0.1) is 0 Å². The summed E-state index contributed by atoms with van der Waals surface area (Å²) in [4.78, 5) is 23.9. The monoisotopic (exact) mass is 327 g/mol. The molecule has 5 N–H and O–H groups in total. The van der Waals surface area contributed by atoms with Gasteiger partial charge in [-0.15, -0.1) is 0 Å². The third-order valence-corrected chi connectivity index (χ3v) is 3.57. The van der Waals surface area contributed by atoms with E-state index in [0.717, 1.165) is 18.4 Å². The summed E-state index contributed by atoms with van der Waals surface area (Å²) in [7, 11) is 0. The van der Waals surface area contributed by atoms with E-state index in [-0.39, 0.29) is 0 Å². The zero-order valence-corrected chi connectivity index (χ0v) is 13.7. The summed E-state index contributed by atoms with van der Waals surface area (Å²) in [6, 6.07) is 5.66. The standard InChI is InChI=1S/C18H21N3O3/c1-18(2,19)15(17(23)21-24)20-16(22)14-10-8-13(9-11-14)5-3-4-12-6-7-12/h4,8-11,15,24H,6-7,19H2,1-2H3,(H,20,22)(H,21,23).